The Kier molecular flexibility index (Phi) is 4.41. The molecular weight excluding hydrogens is 300 g/mol. The molecule has 2 N–H and O–H groups in total. The van der Waals surface area contributed by atoms with Gasteiger partial charge in [-0.25, -0.2) is 0 Å². The average molecular weight is 321 g/mol. The molecule has 1 aromatic carbocycles. The van der Waals surface area contributed by atoms with Crippen LogP contribution in [0, 0.1) is 5.92 Å². The molecular formula is C17H21ClN2O2. The van der Waals surface area contributed by atoms with Crippen molar-refractivity contribution in [3.63, 3.8) is 0 Å². The Morgan fingerprint density at radius 3 is 3.09 bits per heavy atom. The van der Waals surface area contributed by atoms with Crippen molar-refractivity contribution in [2.75, 3.05) is 19.7 Å². The van der Waals surface area contributed by atoms with Crippen LogP contribution in [-0.4, -0.2) is 36.5 Å². The Hall–Kier alpha value is -1.52. The van der Waals surface area contributed by atoms with Crippen LogP contribution in [0.4, 0.5) is 0 Å². The molecule has 4 nitrogen and oxygen atoms in total. The number of carbonyl (C=O) groups excluding carboxylic acids is 1. The Labute approximate surface area is 135 Å². The molecule has 0 aliphatic carbocycles. The predicted molar refractivity (Wildman–Crippen MR) is 87.9 cm³/mol. The summed E-state index contributed by atoms with van der Waals surface area (Å²) in [6, 6.07) is 5.57. The lowest BCUT2D eigenvalue weighted by Crippen LogP contribution is -2.50. The van der Waals surface area contributed by atoms with Gasteiger partial charge in [0.1, 0.15) is 12.4 Å². The van der Waals surface area contributed by atoms with Crippen LogP contribution in [0.2, 0.25) is 5.02 Å². The van der Waals surface area contributed by atoms with Gasteiger partial charge in [-0.3, -0.25) is 4.79 Å². The minimum absolute atomic E-state index is 0.0352. The summed E-state index contributed by atoms with van der Waals surface area (Å²) >= 11 is 6.02. The van der Waals surface area contributed by atoms with Gasteiger partial charge in [0.15, 0.2) is 0 Å². The van der Waals surface area contributed by atoms with Gasteiger partial charge in [0.2, 0.25) is 0 Å². The summed E-state index contributed by atoms with van der Waals surface area (Å²) in [4.78, 5) is 14.7. The average Bonchev–Trinajstić information content (AvgIpc) is 2.53. The molecule has 2 unspecified atom stereocenters. The zero-order chi connectivity index (χ0) is 15.7. The molecule has 1 amide bonds. The number of fused-ring (bicyclic) bond motifs is 1. The Balaban J connectivity index is 1.83. The van der Waals surface area contributed by atoms with Gasteiger partial charge in [-0.15, -0.1) is 0 Å². The van der Waals surface area contributed by atoms with E-state index in [1.807, 2.05) is 23.1 Å². The second-order valence-electron chi connectivity index (χ2n) is 6.16. The summed E-state index contributed by atoms with van der Waals surface area (Å²) in [6.07, 6.45) is 3.89. The van der Waals surface area contributed by atoms with Crippen molar-refractivity contribution in [1.29, 1.82) is 0 Å². The van der Waals surface area contributed by atoms with E-state index in [2.05, 4.69) is 6.92 Å². The van der Waals surface area contributed by atoms with Crippen molar-refractivity contribution < 1.29 is 9.53 Å². The first kappa shape index (κ1) is 15.4. The summed E-state index contributed by atoms with van der Waals surface area (Å²) in [5, 5.41) is 0.638. The van der Waals surface area contributed by atoms with E-state index in [1.165, 1.54) is 0 Å². The van der Waals surface area contributed by atoms with Crippen LogP contribution in [0.25, 0.3) is 6.08 Å². The summed E-state index contributed by atoms with van der Waals surface area (Å²) in [6.45, 7) is 3.79. The van der Waals surface area contributed by atoms with E-state index in [4.69, 9.17) is 22.1 Å². The molecule has 2 atom stereocenters. The number of carbonyl (C=O) groups is 1. The number of halogens is 1. The van der Waals surface area contributed by atoms with E-state index in [-0.39, 0.29) is 11.9 Å². The van der Waals surface area contributed by atoms with Gasteiger partial charge in [0.25, 0.3) is 5.91 Å². The fourth-order valence-electron chi connectivity index (χ4n) is 3.20. The lowest BCUT2D eigenvalue weighted by molar-refractivity contribution is -0.131. The number of hydrogen-bond acceptors (Lipinski definition) is 3. The second-order valence-corrected chi connectivity index (χ2v) is 6.59. The maximum absolute atomic E-state index is 12.8. The Bertz CT molecular complexity index is 615. The van der Waals surface area contributed by atoms with Crippen LogP contribution < -0.4 is 10.5 Å². The quantitative estimate of drug-likeness (QED) is 0.911. The molecule has 1 fully saturated rings. The Morgan fingerprint density at radius 1 is 1.50 bits per heavy atom. The van der Waals surface area contributed by atoms with Gasteiger partial charge < -0.3 is 15.4 Å². The molecule has 1 aromatic rings. The van der Waals surface area contributed by atoms with Crippen LogP contribution in [0.5, 0.6) is 5.75 Å². The van der Waals surface area contributed by atoms with Crippen LogP contribution in [0.1, 0.15) is 25.3 Å². The van der Waals surface area contributed by atoms with Crippen LogP contribution >= 0.6 is 11.6 Å². The molecule has 5 heteroatoms. The number of hydrogen-bond donors (Lipinski definition) is 1. The number of likely N-dealkylation sites (tertiary alicyclic amines) is 1. The number of ether oxygens (including phenoxy) is 1. The maximum Gasteiger partial charge on any atom is 0.253 e. The van der Waals surface area contributed by atoms with Crippen LogP contribution in [0.3, 0.4) is 0 Å². The molecule has 118 valence electrons. The van der Waals surface area contributed by atoms with E-state index >= 15 is 0 Å². The normalized spacial score (nSPS) is 24.3. The van der Waals surface area contributed by atoms with Crippen molar-refractivity contribution in [2.45, 2.75) is 25.8 Å². The van der Waals surface area contributed by atoms with E-state index in [0.29, 0.717) is 29.7 Å². The van der Waals surface area contributed by atoms with Crippen molar-refractivity contribution >= 4 is 23.6 Å². The highest BCUT2D eigenvalue weighted by Crippen LogP contribution is 2.31. The molecule has 2 aliphatic rings. The molecule has 0 spiro atoms. The van der Waals surface area contributed by atoms with Crippen molar-refractivity contribution in [3.05, 3.63) is 34.4 Å². The van der Waals surface area contributed by atoms with Gasteiger partial charge in [0, 0.05) is 29.7 Å². The largest absolute Gasteiger partial charge is 0.488 e. The smallest absolute Gasteiger partial charge is 0.253 e. The SMILES string of the molecule is CC1CCN(C(=O)C2=Cc3cc(Cl)ccc3OC2)C(CN)C1. The van der Waals surface area contributed by atoms with Gasteiger partial charge in [-0.2, -0.15) is 0 Å². The van der Waals surface area contributed by atoms with E-state index in [9.17, 15) is 4.79 Å². The maximum atomic E-state index is 12.8. The lowest BCUT2D eigenvalue weighted by atomic mass is 9.91. The van der Waals surface area contributed by atoms with Crippen molar-refractivity contribution in [1.82, 2.24) is 4.90 Å². The van der Waals surface area contributed by atoms with Crippen LogP contribution in [-0.2, 0) is 4.79 Å². The van der Waals surface area contributed by atoms with E-state index in [1.54, 1.807) is 6.07 Å². The number of rotatable bonds is 2. The first-order valence-corrected chi connectivity index (χ1v) is 8.10. The van der Waals surface area contributed by atoms with Gasteiger partial charge in [-0.05, 0) is 43.0 Å². The highest BCUT2D eigenvalue weighted by molar-refractivity contribution is 6.30. The highest BCUT2D eigenvalue weighted by atomic mass is 35.5. The molecule has 2 aliphatic heterocycles. The van der Waals surface area contributed by atoms with Crippen molar-refractivity contribution in [3.8, 4) is 5.75 Å². The number of amides is 1. The summed E-state index contributed by atoms with van der Waals surface area (Å²) < 4.78 is 5.69. The first-order valence-electron chi connectivity index (χ1n) is 7.72. The predicted octanol–water partition coefficient (Wildman–Crippen LogP) is 2.70. The summed E-state index contributed by atoms with van der Waals surface area (Å²) in [5.74, 6) is 1.42. The molecule has 0 saturated carbocycles. The molecule has 22 heavy (non-hydrogen) atoms. The minimum atomic E-state index is 0.0352. The highest BCUT2D eigenvalue weighted by Gasteiger charge is 2.31. The van der Waals surface area contributed by atoms with E-state index < -0.39 is 0 Å². The fourth-order valence-corrected chi connectivity index (χ4v) is 3.38. The third kappa shape index (κ3) is 2.99. The van der Waals surface area contributed by atoms with Gasteiger partial charge >= 0.3 is 0 Å². The van der Waals surface area contributed by atoms with Crippen molar-refractivity contribution in [2.24, 2.45) is 11.7 Å². The zero-order valence-electron chi connectivity index (χ0n) is 12.7. The third-order valence-corrected chi connectivity index (χ3v) is 4.71. The van der Waals surface area contributed by atoms with Gasteiger partial charge in [-0.1, -0.05) is 18.5 Å². The monoisotopic (exact) mass is 320 g/mol. The third-order valence-electron chi connectivity index (χ3n) is 4.47. The molecule has 0 radical (unpaired) electrons. The van der Waals surface area contributed by atoms with Gasteiger partial charge in [0.05, 0.1) is 5.57 Å². The van der Waals surface area contributed by atoms with Crippen LogP contribution in [0.15, 0.2) is 23.8 Å². The number of piperidine rings is 1. The number of nitrogens with two attached hydrogens (primary N) is 1. The molecule has 2 heterocycles. The topological polar surface area (TPSA) is 55.6 Å². The molecule has 3 rings (SSSR count). The number of benzene rings is 1. The second kappa shape index (κ2) is 6.31. The molecule has 1 saturated heterocycles. The Morgan fingerprint density at radius 2 is 2.32 bits per heavy atom. The zero-order valence-corrected chi connectivity index (χ0v) is 13.5. The molecule has 0 bridgehead atoms. The summed E-state index contributed by atoms with van der Waals surface area (Å²) in [5.41, 5.74) is 7.38. The minimum Gasteiger partial charge on any atom is -0.488 e. The van der Waals surface area contributed by atoms with E-state index in [0.717, 1.165) is 30.7 Å². The molecule has 0 aromatic heterocycles. The standard InChI is InChI=1S/C17H21ClN2O2/c1-11-4-5-20(15(6-11)9-19)17(21)13-7-12-8-14(18)2-3-16(12)22-10-13/h2-3,7-8,11,15H,4-6,9-10,19H2,1H3. The first-order chi connectivity index (χ1) is 10.6. The summed E-state index contributed by atoms with van der Waals surface area (Å²) in [7, 11) is 0. The fraction of sp³-hybridized carbons (Fsp3) is 0.471. The lowest BCUT2D eigenvalue weighted by Gasteiger charge is -2.38. The number of nitrogens with zero attached hydrogens (tertiary/aromatic N) is 1.